The molecule has 1 aliphatic rings. The van der Waals surface area contributed by atoms with E-state index in [9.17, 15) is 22.8 Å². The number of carbonyl (C=O) groups is 2. The summed E-state index contributed by atoms with van der Waals surface area (Å²) in [6.45, 7) is 2.37. The molecule has 0 radical (unpaired) electrons. The van der Waals surface area contributed by atoms with Crippen molar-refractivity contribution in [2.75, 3.05) is 13.1 Å². The normalized spacial score (nSPS) is 15.8. The second-order valence-electron chi connectivity index (χ2n) is 6.86. The molecule has 2 amide bonds. The molecule has 1 atom stereocenters. The van der Waals surface area contributed by atoms with Gasteiger partial charge in [0.05, 0.1) is 23.4 Å². The molecule has 2 aromatic rings. The van der Waals surface area contributed by atoms with Crippen molar-refractivity contribution in [3.05, 3.63) is 52.8 Å². The van der Waals surface area contributed by atoms with Crippen molar-refractivity contribution in [2.45, 2.75) is 32.0 Å². The first-order valence-electron chi connectivity index (χ1n) is 8.91. The van der Waals surface area contributed by atoms with Gasteiger partial charge in [0.25, 0.3) is 5.91 Å². The van der Waals surface area contributed by atoms with Crippen LogP contribution in [0.15, 0.2) is 30.5 Å². The molecular formula is C19H21F3N4O2. The lowest BCUT2D eigenvalue weighted by molar-refractivity contribution is -0.137. The third-order valence-electron chi connectivity index (χ3n) is 4.98. The summed E-state index contributed by atoms with van der Waals surface area (Å²) in [7, 11) is 1.69. The van der Waals surface area contributed by atoms with Gasteiger partial charge in [-0.25, -0.2) is 0 Å². The van der Waals surface area contributed by atoms with Crippen LogP contribution in [0.25, 0.3) is 0 Å². The van der Waals surface area contributed by atoms with Gasteiger partial charge in [0, 0.05) is 32.3 Å². The molecule has 1 fully saturated rings. The number of nitrogens with one attached hydrogen (secondary N) is 1. The van der Waals surface area contributed by atoms with Crippen LogP contribution in [0, 0.1) is 6.92 Å². The van der Waals surface area contributed by atoms with E-state index in [0.717, 1.165) is 12.1 Å². The van der Waals surface area contributed by atoms with Crippen molar-refractivity contribution in [3.63, 3.8) is 0 Å². The van der Waals surface area contributed by atoms with Gasteiger partial charge in [-0.15, -0.1) is 0 Å². The maximum absolute atomic E-state index is 13.1. The topological polar surface area (TPSA) is 67.2 Å². The number of nitrogens with zero attached hydrogens (tertiary/aromatic N) is 3. The summed E-state index contributed by atoms with van der Waals surface area (Å²) in [6, 6.07) is 4.06. The average Bonchev–Trinajstić information content (AvgIpc) is 3.19. The highest BCUT2D eigenvalue weighted by atomic mass is 19.4. The summed E-state index contributed by atoms with van der Waals surface area (Å²) in [5.41, 5.74) is 0.476. The van der Waals surface area contributed by atoms with Crippen LogP contribution < -0.4 is 5.32 Å². The number of rotatable bonds is 5. The number of aryl methyl sites for hydroxylation is 1. The average molecular weight is 394 g/mol. The molecule has 0 aliphatic carbocycles. The zero-order valence-corrected chi connectivity index (χ0v) is 15.6. The van der Waals surface area contributed by atoms with Gasteiger partial charge in [0.2, 0.25) is 5.91 Å². The molecule has 2 heterocycles. The quantitative estimate of drug-likeness (QED) is 0.848. The number of carbonyl (C=O) groups excluding carboxylic acids is 2. The zero-order chi connectivity index (χ0) is 20.5. The molecule has 0 saturated carbocycles. The van der Waals surface area contributed by atoms with Crippen molar-refractivity contribution >= 4 is 11.8 Å². The van der Waals surface area contributed by atoms with Crippen LogP contribution in [0.4, 0.5) is 13.2 Å². The molecule has 0 spiro atoms. The summed E-state index contributed by atoms with van der Waals surface area (Å²) >= 11 is 0. The first-order valence-corrected chi connectivity index (χ1v) is 8.91. The van der Waals surface area contributed by atoms with Gasteiger partial charge in [-0.3, -0.25) is 14.3 Å². The van der Waals surface area contributed by atoms with Crippen LogP contribution in [0.3, 0.4) is 0 Å². The minimum atomic E-state index is -4.49. The van der Waals surface area contributed by atoms with Crippen LogP contribution in [0.2, 0.25) is 0 Å². The molecule has 3 rings (SSSR count). The van der Waals surface area contributed by atoms with Gasteiger partial charge >= 0.3 is 6.18 Å². The second-order valence-corrected chi connectivity index (χ2v) is 6.86. The van der Waals surface area contributed by atoms with Crippen LogP contribution >= 0.6 is 0 Å². The predicted octanol–water partition coefficient (Wildman–Crippen LogP) is 2.84. The molecule has 150 valence electrons. The van der Waals surface area contributed by atoms with Gasteiger partial charge in [0.15, 0.2) is 0 Å². The van der Waals surface area contributed by atoms with Gasteiger partial charge in [0.1, 0.15) is 0 Å². The SMILES string of the molecule is Cc1c(C(=O)NC(CN2CCCC2=O)c2cccc(C(F)(F)F)c2)cnn1C. The largest absolute Gasteiger partial charge is 0.416 e. The Balaban J connectivity index is 1.90. The van der Waals surface area contributed by atoms with E-state index < -0.39 is 23.7 Å². The van der Waals surface area contributed by atoms with Crippen LogP contribution in [0.5, 0.6) is 0 Å². The van der Waals surface area contributed by atoms with E-state index in [4.69, 9.17) is 0 Å². The maximum Gasteiger partial charge on any atom is 0.416 e. The standard InChI is InChI=1S/C19H21F3N4O2/c1-12-15(10-23-25(12)2)18(28)24-16(11-26-8-4-7-17(26)27)13-5-3-6-14(9-13)19(20,21)22/h3,5-6,9-10,16H,4,7-8,11H2,1-2H3,(H,24,28). The third kappa shape index (κ3) is 4.18. The number of alkyl halides is 3. The van der Waals surface area contributed by atoms with Crippen LogP contribution in [0.1, 0.15) is 46.1 Å². The molecule has 1 saturated heterocycles. The Kier molecular flexibility index (Phi) is 5.44. The van der Waals surface area contributed by atoms with Gasteiger partial charge in [-0.1, -0.05) is 12.1 Å². The fraction of sp³-hybridized carbons (Fsp3) is 0.421. The fourth-order valence-electron chi connectivity index (χ4n) is 3.24. The summed E-state index contributed by atoms with van der Waals surface area (Å²) in [6.07, 6.45) is -1.97. The molecule has 1 aliphatic heterocycles. The number of benzene rings is 1. The second kappa shape index (κ2) is 7.65. The maximum atomic E-state index is 13.1. The van der Waals surface area contributed by atoms with Crippen molar-refractivity contribution in [1.29, 1.82) is 0 Å². The molecule has 9 heteroatoms. The fourth-order valence-corrected chi connectivity index (χ4v) is 3.24. The number of likely N-dealkylation sites (tertiary alicyclic amines) is 1. The number of aromatic nitrogens is 2. The molecule has 1 aromatic carbocycles. The monoisotopic (exact) mass is 394 g/mol. The molecule has 0 bridgehead atoms. The Labute approximate surface area is 160 Å². The van der Waals surface area contributed by atoms with Gasteiger partial charge < -0.3 is 10.2 Å². The lowest BCUT2D eigenvalue weighted by atomic mass is 10.0. The van der Waals surface area contributed by atoms with E-state index >= 15 is 0 Å². The Morgan fingerprint density at radius 3 is 2.68 bits per heavy atom. The number of hydrogen-bond donors (Lipinski definition) is 1. The van der Waals surface area contributed by atoms with Crippen molar-refractivity contribution < 1.29 is 22.8 Å². The lowest BCUT2D eigenvalue weighted by Crippen LogP contribution is -2.38. The van der Waals surface area contributed by atoms with Crippen molar-refractivity contribution in [2.24, 2.45) is 7.05 Å². The molecule has 28 heavy (non-hydrogen) atoms. The Hall–Kier alpha value is -2.84. The predicted molar refractivity (Wildman–Crippen MR) is 95.4 cm³/mol. The van der Waals surface area contributed by atoms with Gasteiger partial charge in [-0.05, 0) is 31.0 Å². The summed E-state index contributed by atoms with van der Waals surface area (Å²) in [5.74, 6) is -0.511. The van der Waals surface area contributed by atoms with Crippen LogP contribution in [-0.2, 0) is 18.0 Å². The van der Waals surface area contributed by atoms with Crippen LogP contribution in [-0.4, -0.2) is 39.6 Å². The molecule has 1 unspecified atom stereocenters. The molecule has 6 nitrogen and oxygen atoms in total. The Bertz CT molecular complexity index is 892. The van der Waals surface area contributed by atoms with Gasteiger partial charge in [-0.2, -0.15) is 18.3 Å². The highest BCUT2D eigenvalue weighted by Crippen LogP contribution is 2.31. The van der Waals surface area contributed by atoms with E-state index in [2.05, 4.69) is 10.4 Å². The summed E-state index contributed by atoms with van der Waals surface area (Å²) in [4.78, 5) is 26.3. The molecule has 1 aromatic heterocycles. The summed E-state index contributed by atoms with van der Waals surface area (Å²) in [5, 5.41) is 6.80. The van der Waals surface area contributed by atoms with Crippen molar-refractivity contribution in [3.8, 4) is 0 Å². The van der Waals surface area contributed by atoms with Crippen molar-refractivity contribution in [1.82, 2.24) is 20.0 Å². The van der Waals surface area contributed by atoms with E-state index in [1.165, 1.54) is 23.0 Å². The number of amides is 2. The summed E-state index contributed by atoms with van der Waals surface area (Å²) < 4.78 is 40.9. The highest BCUT2D eigenvalue weighted by molar-refractivity contribution is 5.95. The Morgan fingerprint density at radius 1 is 1.36 bits per heavy atom. The third-order valence-corrected chi connectivity index (χ3v) is 4.98. The minimum absolute atomic E-state index is 0.0659. The first-order chi connectivity index (χ1) is 13.2. The first kappa shape index (κ1) is 19.9. The zero-order valence-electron chi connectivity index (χ0n) is 15.6. The smallest absolute Gasteiger partial charge is 0.343 e. The number of hydrogen-bond acceptors (Lipinski definition) is 3. The van der Waals surface area contributed by atoms with E-state index in [0.29, 0.717) is 36.2 Å². The molecular weight excluding hydrogens is 373 g/mol. The Morgan fingerprint density at radius 2 is 2.11 bits per heavy atom. The lowest BCUT2D eigenvalue weighted by Gasteiger charge is -2.25. The minimum Gasteiger partial charge on any atom is -0.343 e. The highest BCUT2D eigenvalue weighted by Gasteiger charge is 2.32. The van der Waals surface area contributed by atoms with E-state index in [-0.39, 0.29) is 12.5 Å². The van der Waals surface area contributed by atoms with E-state index in [1.807, 2.05) is 0 Å². The number of halogens is 3. The van der Waals surface area contributed by atoms with E-state index in [1.54, 1.807) is 18.9 Å². The molecule has 1 N–H and O–H groups in total.